The summed E-state index contributed by atoms with van der Waals surface area (Å²) in [5.74, 6) is 1.08. The second-order valence-electron chi connectivity index (χ2n) is 7.57. The average Bonchev–Trinajstić information content (AvgIpc) is 3.13. The molecule has 1 aliphatic carbocycles. The average molecular weight is 368 g/mol. The number of carbonyl (C=O) groups is 1. The predicted octanol–water partition coefficient (Wildman–Crippen LogP) is 0.912. The molecule has 7 heteroatoms. The Morgan fingerprint density at radius 2 is 1.85 bits per heavy atom. The molecular formula is C19H37N5O2. The molecular weight excluding hydrogens is 330 g/mol. The molecule has 1 saturated heterocycles. The molecule has 0 spiro atoms. The number of ether oxygens (including phenoxy) is 1. The van der Waals surface area contributed by atoms with E-state index in [9.17, 15) is 4.79 Å². The Hall–Kier alpha value is -1.34. The van der Waals surface area contributed by atoms with Gasteiger partial charge in [0.15, 0.2) is 5.96 Å². The maximum Gasteiger partial charge on any atom is 0.234 e. The lowest BCUT2D eigenvalue weighted by molar-refractivity contribution is -0.122. The van der Waals surface area contributed by atoms with Crippen molar-refractivity contribution in [3.05, 3.63) is 0 Å². The maximum absolute atomic E-state index is 11.9. The van der Waals surface area contributed by atoms with Crippen LogP contribution in [0.25, 0.3) is 0 Å². The number of aliphatic imine (C=N–C) groups is 1. The SMILES string of the molecule is CCC1(CNC(=NC)N2CCN(CC(=O)NCCOC)CC2)CCCC1. The van der Waals surface area contributed by atoms with E-state index in [0.717, 1.165) is 38.7 Å². The molecule has 0 radical (unpaired) electrons. The van der Waals surface area contributed by atoms with Crippen LogP contribution in [0.15, 0.2) is 4.99 Å². The van der Waals surface area contributed by atoms with Crippen LogP contribution in [0, 0.1) is 5.41 Å². The lowest BCUT2D eigenvalue weighted by Gasteiger charge is -2.37. The van der Waals surface area contributed by atoms with E-state index in [-0.39, 0.29) is 5.91 Å². The first-order valence-electron chi connectivity index (χ1n) is 10.1. The second kappa shape index (κ2) is 10.7. The van der Waals surface area contributed by atoms with Crippen molar-refractivity contribution in [2.45, 2.75) is 39.0 Å². The topological polar surface area (TPSA) is 69.2 Å². The Bertz CT molecular complexity index is 455. The van der Waals surface area contributed by atoms with Gasteiger partial charge in [0.2, 0.25) is 5.91 Å². The third-order valence-electron chi connectivity index (χ3n) is 5.91. The smallest absolute Gasteiger partial charge is 0.234 e. The normalized spacial score (nSPS) is 21.0. The fraction of sp³-hybridized carbons (Fsp3) is 0.895. The van der Waals surface area contributed by atoms with E-state index in [4.69, 9.17) is 4.74 Å². The number of amides is 1. The van der Waals surface area contributed by atoms with Crippen molar-refractivity contribution in [2.24, 2.45) is 10.4 Å². The molecule has 0 aromatic rings. The summed E-state index contributed by atoms with van der Waals surface area (Å²) >= 11 is 0. The summed E-state index contributed by atoms with van der Waals surface area (Å²) in [5.41, 5.74) is 0.456. The lowest BCUT2D eigenvalue weighted by Crippen LogP contribution is -2.55. The largest absolute Gasteiger partial charge is 0.383 e. The fourth-order valence-electron chi connectivity index (χ4n) is 4.05. The van der Waals surface area contributed by atoms with E-state index in [0.29, 0.717) is 25.1 Å². The highest BCUT2D eigenvalue weighted by atomic mass is 16.5. The van der Waals surface area contributed by atoms with Gasteiger partial charge in [-0.15, -0.1) is 0 Å². The summed E-state index contributed by atoms with van der Waals surface area (Å²) in [6.07, 6.45) is 6.63. The van der Waals surface area contributed by atoms with Gasteiger partial charge in [-0.05, 0) is 24.7 Å². The Balaban J connectivity index is 1.72. The van der Waals surface area contributed by atoms with E-state index in [1.165, 1.54) is 32.1 Å². The van der Waals surface area contributed by atoms with E-state index in [1.54, 1.807) is 7.11 Å². The summed E-state index contributed by atoms with van der Waals surface area (Å²) in [4.78, 5) is 20.9. The molecule has 1 saturated carbocycles. The Kier molecular flexibility index (Phi) is 8.65. The van der Waals surface area contributed by atoms with E-state index in [2.05, 4.69) is 32.3 Å². The van der Waals surface area contributed by atoms with Crippen molar-refractivity contribution >= 4 is 11.9 Å². The van der Waals surface area contributed by atoms with Crippen LogP contribution in [0.3, 0.4) is 0 Å². The molecule has 150 valence electrons. The van der Waals surface area contributed by atoms with Crippen molar-refractivity contribution in [3.63, 3.8) is 0 Å². The molecule has 0 bridgehead atoms. The Morgan fingerprint density at radius 3 is 2.42 bits per heavy atom. The molecule has 1 amide bonds. The number of hydrogen-bond donors (Lipinski definition) is 2. The molecule has 26 heavy (non-hydrogen) atoms. The van der Waals surface area contributed by atoms with Crippen molar-refractivity contribution in [1.82, 2.24) is 20.4 Å². The third-order valence-corrected chi connectivity index (χ3v) is 5.91. The van der Waals surface area contributed by atoms with Gasteiger partial charge in [0.05, 0.1) is 13.2 Å². The summed E-state index contributed by atoms with van der Waals surface area (Å²) in [5, 5.41) is 6.51. The molecule has 0 atom stereocenters. The van der Waals surface area contributed by atoms with Crippen molar-refractivity contribution in [2.75, 3.05) is 66.6 Å². The van der Waals surface area contributed by atoms with Crippen LogP contribution in [-0.4, -0.2) is 88.2 Å². The Labute approximate surface area is 158 Å². The van der Waals surface area contributed by atoms with E-state index < -0.39 is 0 Å². The number of nitrogens with zero attached hydrogens (tertiary/aromatic N) is 3. The van der Waals surface area contributed by atoms with Gasteiger partial charge in [0.1, 0.15) is 0 Å². The highest BCUT2D eigenvalue weighted by Crippen LogP contribution is 2.40. The van der Waals surface area contributed by atoms with Gasteiger partial charge in [0, 0.05) is 53.4 Å². The zero-order valence-corrected chi connectivity index (χ0v) is 16.9. The molecule has 1 aliphatic heterocycles. The molecule has 2 N–H and O–H groups in total. The summed E-state index contributed by atoms with van der Waals surface area (Å²) in [6, 6.07) is 0. The monoisotopic (exact) mass is 367 g/mol. The van der Waals surface area contributed by atoms with Gasteiger partial charge < -0.3 is 20.3 Å². The minimum atomic E-state index is 0.0733. The van der Waals surface area contributed by atoms with Crippen molar-refractivity contribution < 1.29 is 9.53 Å². The number of methoxy groups -OCH3 is 1. The minimum absolute atomic E-state index is 0.0733. The van der Waals surface area contributed by atoms with Gasteiger partial charge in [0.25, 0.3) is 0 Å². The van der Waals surface area contributed by atoms with Gasteiger partial charge in [-0.25, -0.2) is 0 Å². The van der Waals surface area contributed by atoms with Crippen LogP contribution >= 0.6 is 0 Å². The summed E-state index contributed by atoms with van der Waals surface area (Å²) in [7, 11) is 3.51. The van der Waals surface area contributed by atoms with Crippen LogP contribution < -0.4 is 10.6 Å². The minimum Gasteiger partial charge on any atom is -0.383 e. The molecule has 1 heterocycles. The summed E-state index contributed by atoms with van der Waals surface area (Å²) < 4.78 is 4.95. The van der Waals surface area contributed by atoms with Gasteiger partial charge in [-0.1, -0.05) is 19.8 Å². The number of guanidine groups is 1. The molecule has 0 aromatic heterocycles. The van der Waals surface area contributed by atoms with E-state index >= 15 is 0 Å². The summed E-state index contributed by atoms with van der Waals surface area (Å²) in [6.45, 7) is 8.52. The first-order chi connectivity index (χ1) is 12.6. The first-order valence-corrected chi connectivity index (χ1v) is 10.1. The van der Waals surface area contributed by atoms with Crippen molar-refractivity contribution in [1.29, 1.82) is 0 Å². The van der Waals surface area contributed by atoms with Gasteiger partial charge in [-0.3, -0.25) is 14.7 Å². The van der Waals surface area contributed by atoms with Crippen LogP contribution in [0.1, 0.15) is 39.0 Å². The van der Waals surface area contributed by atoms with Crippen LogP contribution in [0.4, 0.5) is 0 Å². The zero-order valence-electron chi connectivity index (χ0n) is 16.9. The number of hydrogen-bond acceptors (Lipinski definition) is 4. The van der Waals surface area contributed by atoms with Crippen LogP contribution in [0.5, 0.6) is 0 Å². The fourth-order valence-corrected chi connectivity index (χ4v) is 4.05. The van der Waals surface area contributed by atoms with Crippen molar-refractivity contribution in [3.8, 4) is 0 Å². The quantitative estimate of drug-likeness (QED) is 0.379. The van der Waals surface area contributed by atoms with E-state index in [1.807, 2.05) is 7.05 Å². The standard InChI is InChI=1S/C19H37N5O2/c1-4-19(7-5-6-8-19)16-22-18(20-2)24-12-10-23(11-13-24)15-17(25)21-9-14-26-3/h4-16H2,1-3H3,(H,20,22)(H,21,25). The van der Waals surface area contributed by atoms with Crippen LogP contribution in [-0.2, 0) is 9.53 Å². The molecule has 0 unspecified atom stereocenters. The number of nitrogens with one attached hydrogen (secondary N) is 2. The molecule has 2 rings (SSSR count). The highest BCUT2D eigenvalue weighted by molar-refractivity contribution is 5.80. The third kappa shape index (κ3) is 6.13. The number of piperazine rings is 1. The number of rotatable bonds is 8. The van der Waals surface area contributed by atoms with Crippen LogP contribution in [0.2, 0.25) is 0 Å². The highest BCUT2D eigenvalue weighted by Gasteiger charge is 2.32. The molecule has 0 aromatic carbocycles. The van der Waals surface area contributed by atoms with Gasteiger partial charge >= 0.3 is 0 Å². The molecule has 2 aliphatic rings. The molecule has 2 fully saturated rings. The lowest BCUT2D eigenvalue weighted by atomic mass is 9.83. The molecule has 7 nitrogen and oxygen atoms in total. The van der Waals surface area contributed by atoms with Gasteiger partial charge in [-0.2, -0.15) is 0 Å². The Morgan fingerprint density at radius 1 is 1.15 bits per heavy atom. The first kappa shape index (κ1) is 21.0. The second-order valence-corrected chi connectivity index (χ2v) is 7.57. The number of carbonyl (C=O) groups excluding carboxylic acids is 1. The zero-order chi connectivity index (χ0) is 18.8. The predicted molar refractivity (Wildman–Crippen MR) is 105 cm³/mol. The maximum atomic E-state index is 11.9.